The average Bonchev–Trinajstić information content (AvgIpc) is 2.95. The van der Waals surface area contributed by atoms with Gasteiger partial charge in [0.25, 0.3) is 0 Å². The molecule has 0 aliphatic carbocycles. The highest BCUT2D eigenvalue weighted by Crippen LogP contribution is 2.25. The van der Waals surface area contributed by atoms with E-state index in [9.17, 15) is 8.42 Å². The SMILES string of the molecule is Cc1ccc(S(=O)(=O)Oc2ccc(/C=N\Nc3cc(N4CCCCC4)nc(N4CCCCC4)n3)cc2)cc1. The molecule has 0 saturated carbocycles. The van der Waals surface area contributed by atoms with Crippen LogP contribution in [-0.4, -0.2) is 50.8 Å². The first-order valence-corrected chi connectivity index (χ1v) is 14.7. The minimum absolute atomic E-state index is 0.121. The maximum absolute atomic E-state index is 12.5. The van der Waals surface area contributed by atoms with E-state index in [2.05, 4.69) is 20.3 Å². The second-order valence-electron chi connectivity index (χ2n) is 9.80. The van der Waals surface area contributed by atoms with E-state index in [1.807, 2.05) is 13.0 Å². The number of aromatic nitrogens is 2. The van der Waals surface area contributed by atoms with Gasteiger partial charge < -0.3 is 14.0 Å². The summed E-state index contributed by atoms with van der Waals surface area (Å²) in [6.07, 6.45) is 8.85. The Kier molecular flexibility index (Phi) is 8.07. The lowest BCUT2D eigenvalue weighted by Gasteiger charge is -2.31. The number of hydrogen-bond acceptors (Lipinski definition) is 9. The molecule has 2 aliphatic heterocycles. The summed E-state index contributed by atoms with van der Waals surface area (Å²) in [7, 11) is -3.89. The fourth-order valence-corrected chi connectivity index (χ4v) is 5.59. The Labute approximate surface area is 224 Å². The van der Waals surface area contributed by atoms with Gasteiger partial charge in [-0.25, -0.2) is 0 Å². The summed E-state index contributed by atoms with van der Waals surface area (Å²) in [5.41, 5.74) is 4.84. The van der Waals surface area contributed by atoms with Gasteiger partial charge in [-0.2, -0.15) is 23.5 Å². The van der Waals surface area contributed by atoms with E-state index < -0.39 is 10.1 Å². The number of hydrazone groups is 1. The molecule has 9 nitrogen and oxygen atoms in total. The van der Waals surface area contributed by atoms with Crippen LogP contribution in [0.1, 0.15) is 49.7 Å². The Morgan fingerprint density at radius 1 is 0.842 bits per heavy atom. The Morgan fingerprint density at radius 3 is 2.13 bits per heavy atom. The highest BCUT2D eigenvalue weighted by atomic mass is 32.2. The van der Waals surface area contributed by atoms with Crippen molar-refractivity contribution in [2.24, 2.45) is 5.10 Å². The summed E-state index contributed by atoms with van der Waals surface area (Å²) in [5, 5.41) is 4.38. The van der Waals surface area contributed by atoms with E-state index in [1.54, 1.807) is 42.6 Å². The smallest absolute Gasteiger partial charge is 0.339 e. The highest BCUT2D eigenvalue weighted by Gasteiger charge is 2.19. The summed E-state index contributed by atoms with van der Waals surface area (Å²) < 4.78 is 30.3. The van der Waals surface area contributed by atoms with Crippen LogP contribution in [0.25, 0.3) is 0 Å². The summed E-state index contributed by atoms with van der Waals surface area (Å²) in [6.45, 7) is 5.86. The van der Waals surface area contributed by atoms with E-state index >= 15 is 0 Å². The van der Waals surface area contributed by atoms with Crippen LogP contribution in [0.3, 0.4) is 0 Å². The molecule has 3 aromatic rings. The van der Waals surface area contributed by atoms with Crippen LogP contribution in [-0.2, 0) is 10.1 Å². The van der Waals surface area contributed by atoms with Crippen LogP contribution in [0, 0.1) is 6.92 Å². The third-order valence-electron chi connectivity index (χ3n) is 6.81. The van der Waals surface area contributed by atoms with Crippen molar-refractivity contribution < 1.29 is 12.6 Å². The van der Waals surface area contributed by atoms with Gasteiger partial charge in [0.05, 0.1) is 6.21 Å². The molecule has 2 aliphatic rings. The van der Waals surface area contributed by atoms with Crippen molar-refractivity contribution in [1.29, 1.82) is 0 Å². The van der Waals surface area contributed by atoms with Gasteiger partial charge in [0.1, 0.15) is 16.5 Å². The highest BCUT2D eigenvalue weighted by molar-refractivity contribution is 7.87. The number of anilines is 3. The van der Waals surface area contributed by atoms with Crippen LogP contribution in [0.15, 0.2) is 64.6 Å². The van der Waals surface area contributed by atoms with Crippen molar-refractivity contribution in [3.8, 4) is 5.75 Å². The van der Waals surface area contributed by atoms with Crippen LogP contribution in [0.2, 0.25) is 0 Å². The summed E-state index contributed by atoms with van der Waals surface area (Å²) >= 11 is 0. The van der Waals surface area contributed by atoms with E-state index in [0.717, 1.165) is 61.9 Å². The van der Waals surface area contributed by atoms with Crippen LogP contribution >= 0.6 is 0 Å². The second-order valence-corrected chi connectivity index (χ2v) is 11.3. The van der Waals surface area contributed by atoms with Gasteiger partial charge in [-0.1, -0.05) is 17.7 Å². The van der Waals surface area contributed by atoms with Gasteiger partial charge in [-0.05, 0) is 87.4 Å². The predicted molar refractivity (Wildman–Crippen MR) is 151 cm³/mol. The third kappa shape index (κ3) is 6.61. The van der Waals surface area contributed by atoms with Gasteiger partial charge in [-0.3, -0.25) is 5.43 Å². The Bertz CT molecular complexity index is 1310. The molecule has 3 heterocycles. The number of nitrogens with one attached hydrogen (secondary N) is 1. The van der Waals surface area contributed by atoms with Crippen LogP contribution in [0.5, 0.6) is 5.75 Å². The standard InChI is InChI=1S/C28H34N6O3S/c1-22-8-14-25(15-9-22)38(35,36)37-24-12-10-23(11-13-24)21-29-32-26-20-27(33-16-4-2-5-17-33)31-28(30-26)34-18-6-3-7-19-34/h8-15,20-21H,2-7,16-19H2,1H3,(H,30,31,32)/b29-21-. The number of rotatable bonds is 8. The number of nitrogens with zero attached hydrogens (tertiary/aromatic N) is 5. The lowest BCUT2D eigenvalue weighted by atomic mass is 10.1. The number of piperidine rings is 2. The van der Waals surface area contributed by atoms with E-state index in [1.165, 1.54) is 37.8 Å². The molecule has 2 fully saturated rings. The molecule has 1 N–H and O–H groups in total. The molecule has 2 saturated heterocycles. The predicted octanol–water partition coefficient (Wildman–Crippen LogP) is 4.98. The molecular weight excluding hydrogens is 500 g/mol. The van der Waals surface area contributed by atoms with Gasteiger partial charge in [0.2, 0.25) is 5.95 Å². The van der Waals surface area contributed by atoms with Gasteiger partial charge in [0, 0.05) is 32.2 Å². The lowest BCUT2D eigenvalue weighted by Crippen LogP contribution is -2.33. The molecule has 0 amide bonds. The van der Waals surface area contributed by atoms with Crippen LogP contribution in [0.4, 0.5) is 17.6 Å². The van der Waals surface area contributed by atoms with Crippen molar-refractivity contribution in [1.82, 2.24) is 9.97 Å². The zero-order valence-corrected chi connectivity index (χ0v) is 22.5. The molecule has 0 radical (unpaired) electrons. The third-order valence-corrected chi connectivity index (χ3v) is 8.07. The molecule has 2 aromatic carbocycles. The topological polar surface area (TPSA) is 100 Å². The minimum atomic E-state index is -3.89. The van der Waals surface area contributed by atoms with Crippen molar-refractivity contribution in [2.45, 2.75) is 50.3 Å². The number of aryl methyl sites for hydroxylation is 1. The molecule has 0 spiro atoms. The fraction of sp³-hybridized carbons (Fsp3) is 0.393. The van der Waals surface area contributed by atoms with Crippen molar-refractivity contribution >= 4 is 33.9 Å². The Balaban J connectivity index is 1.26. The Hall–Kier alpha value is -3.66. The molecule has 0 unspecified atom stereocenters. The van der Waals surface area contributed by atoms with Crippen molar-refractivity contribution in [3.05, 3.63) is 65.7 Å². The first-order valence-electron chi connectivity index (χ1n) is 13.3. The van der Waals surface area contributed by atoms with E-state index in [-0.39, 0.29) is 10.6 Å². The Morgan fingerprint density at radius 2 is 1.47 bits per heavy atom. The van der Waals surface area contributed by atoms with E-state index in [0.29, 0.717) is 5.82 Å². The normalized spacial score (nSPS) is 16.6. The summed E-state index contributed by atoms with van der Waals surface area (Å²) in [5.74, 6) is 2.58. The summed E-state index contributed by atoms with van der Waals surface area (Å²) in [6, 6.07) is 15.3. The van der Waals surface area contributed by atoms with Crippen molar-refractivity contribution in [2.75, 3.05) is 41.4 Å². The first-order chi connectivity index (χ1) is 18.5. The zero-order chi connectivity index (χ0) is 26.4. The molecule has 5 rings (SSSR count). The first kappa shape index (κ1) is 26.0. The maximum Gasteiger partial charge on any atom is 0.339 e. The largest absolute Gasteiger partial charge is 0.379 e. The van der Waals surface area contributed by atoms with Crippen LogP contribution < -0.4 is 19.4 Å². The van der Waals surface area contributed by atoms with Gasteiger partial charge >= 0.3 is 10.1 Å². The van der Waals surface area contributed by atoms with Gasteiger partial charge in [0.15, 0.2) is 5.82 Å². The molecule has 1 aromatic heterocycles. The molecular formula is C28H34N6O3S. The molecule has 10 heteroatoms. The number of hydrogen-bond donors (Lipinski definition) is 1. The number of benzene rings is 2. The molecule has 0 atom stereocenters. The molecule has 0 bridgehead atoms. The fourth-order valence-electron chi connectivity index (χ4n) is 4.66. The lowest BCUT2D eigenvalue weighted by molar-refractivity contribution is 0.486. The quantitative estimate of drug-likeness (QED) is 0.245. The monoisotopic (exact) mass is 534 g/mol. The minimum Gasteiger partial charge on any atom is -0.379 e. The average molecular weight is 535 g/mol. The molecule has 200 valence electrons. The maximum atomic E-state index is 12.5. The van der Waals surface area contributed by atoms with Crippen molar-refractivity contribution in [3.63, 3.8) is 0 Å². The molecule has 38 heavy (non-hydrogen) atoms. The zero-order valence-electron chi connectivity index (χ0n) is 21.7. The van der Waals surface area contributed by atoms with Gasteiger partial charge in [-0.15, -0.1) is 0 Å². The summed E-state index contributed by atoms with van der Waals surface area (Å²) in [4.78, 5) is 14.4. The second kappa shape index (κ2) is 11.8. The van der Waals surface area contributed by atoms with E-state index in [4.69, 9.17) is 14.2 Å².